The standard InChI is InChI=1S/C20H24N2OS.CH4N2O/c1-13-6-5-7-18(21-4)17(13)11-23-20-9-8-16(10-14(20)2)19-12-24-15(3)22-19;2-3-1-4/h5-10,12,15,21-22H,11H2,1-4H3;1H,2H2,(H,3,4). The Hall–Kier alpha value is -2.64. The van der Waals surface area contributed by atoms with Gasteiger partial charge in [0.05, 0.1) is 5.37 Å². The maximum Gasteiger partial charge on any atom is 0.221 e. The first kappa shape index (κ1) is 21.7. The third-order valence-corrected chi connectivity index (χ3v) is 5.25. The van der Waals surface area contributed by atoms with Crippen LogP contribution in [0.15, 0.2) is 41.8 Å². The smallest absolute Gasteiger partial charge is 0.221 e. The summed E-state index contributed by atoms with van der Waals surface area (Å²) in [6, 6.07) is 12.6. The molecule has 150 valence electrons. The number of carbonyl (C=O) groups is 1. The average Bonchev–Trinajstić information content (AvgIpc) is 3.14. The minimum atomic E-state index is 0.403. The van der Waals surface area contributed by atoms with Crippen molar-refractivity contribution in [2.24, 2.45) is 5.84 Å². The van der Waals surface area contributed by atoms with Crippen molar-refractivity contribution in [1.82, 2.24) is 10.7 Å². The Labute approximate surface area is 170 Å². The summed E-state index contributed by atoms with van der Waals surface area (Å²) in [5.74, 6) is 5.34. The minimum Gasteiger partial charge on any atom is -0.489 e. The molecule has 0 aliphatic carbocycles. The first-order chi connectivity index (χ1) is 13.5. The fourth-order valence-electron chi connectivity index (χ4n) is 2.87. The molecule has 0 saturated heterocycles. The van der Waals surface area contributed by atoms with Crippen molar-refractivity contribution in [3.05, 3.63) is 64.1 Å². The van der Waals surface area contributed by atoms with Crippen molar-refractivity contribution in [2.45, 2.75) is 32.8 Å². The van der Waals surface area contributed by atoms with Gasteiger partial charge >= 0.3 is 0 Å². The van der Waals surface area contributed by atoms with Crippen molar-refractivity contribution in [3.8, 4) is 5.75 Å². The lowest BCUT2D eigenvalue weighted by molar-refractivity contribution is -0.109. The minimum absolute atomic E-state index is 0.403. The van der Waals surface area contributed by atoms with E-state index in [2.05, 4.69) is 79.1 Å². The lowest BCUT2D eigenvalue weighted by Crippen LogP contribution is -2.18. The molecule has 1 aliphatic rings. The molecular weight excluding hydrogens is 372 g/mol. The number of rotatable bonds is 6. The number of anilines is 1. The summed E-state index contributed by atoms with van der Waals surface area (Å²) in [6.07, 6.45) is 0.403. The number of ether oxygens (including phenoxy) is 1. The Kier molecular flexibility index (Phi) is 8.22. The number of thioether (sulfide) groups is 1. The highest BCUT2D eigenvalue weighted by Crippen LogP contribution is 2.30. The van der Waals surface area contributed by atoms with Gasteiger partial charge in [0.15, 0.2) is 0 Å². The third kappa shape index (κ3) is 5.68. The van der Waals surface area contributed by atoms with Crippen LogP contribution >= 0.6 is 11.8 Å². The normalized spacial score (nSPS) is 14.9. The first-order valence-electron chi connectivity index (χ1n) is 9.02. The second-order valence-corrected chi connectivity index (χ2v) is 7.57. The van der Waals surface area contributed by atoms with Crippen LogP contribution < -0.4 is 26.6 Å². The van der Waals surface area contributed by atoms with Crippen molar-refractivity contribution < 1.29 is 9.53 Å². The molecule has 0 fully saturated rings. The molecule has 2 aromatic rings. The fourth-order valence-corrected chi connectivity index (χ4v) is 3.60. The maximum absolute atomic E-state index is 8.94. The van der Waals surface area contributed by atoms with Crippen LogP contribution in [0.4, 0.5) is 5.69 Å². The molecular formula is C21H28N4O2S. The number of carbonyl (C=O) groups excluding carboxylic acids is 1. The van der Waals surface area contributed by atoms with Crippen LogP contribution in [0.1, 0.15) is 29.2 Å². The van der Waals surface area contributed by atoms with Gasteiger partial charge in [-0.3, -0.25) is 10.2 Å². The van der Waals surface area contributed by atoms with E-state index in [-0.39, 0.29) is 0 Å². The summed E-state index contributed by atoms with van der Waals surface area (Å²) < 4.78 is 6.10. The van der Waals surface area contributed by atoms with E-state index in [0.29, 0.717) is 18.4 Å². The van der Waals surface area contributed by atoms with E-state index in [0.717, 1.165) is 17.0 Å². The molecule has 1 atom stereocenters. The maximum atomic E-state index is 8.94. The fraction of sp³-hybridized carbons (Fsp3) is 0.286. The van der Waals surface area contributed by atoms with Gasteiger partial charge < -0.3 is 15.4 Å². The van der Waals surface area contributed by atoms with Gasteiger partial charge in [-0.1, -0.05) is 12.1 Å². The summed E-state index contributed by atoms with van der Waals surface area (Å²) in [4.78, 5) is 8.94. The zero-order valence-electron chi connectivity index (χ0n) is 16.7. The lowest BCUT2D eigenvalue weighted by atomic mass is 10.1. The number of benzene rings is 2. The lowest BCUT2D eigenvalue weighted by Gasteiger charge is -2.15. The highest BCUT2D eigenvalue weighted by molar-refractivity contribution is 8.03. The molecule has 1 aliphatic heterocycles. The molecule has 0 bridgehead atoms. The summed E-state index contributed by atoms with van der Waals surface area (Å²) in [5.41, 5.74) is 8.87. The molecule has 0 aromatic heterocycles. The van der Waals surface area contributed by atoms with E-state index < -0.39 is 0 Å². The number of nitrogens with one attached hydrogen (secondary N) is 3. The molecule has 0 saturated carbocycles. The molecule has 7 heteroatoms. The molecule has 28 heavy (non-hydrogen) atoms. The number of nitrogens with two attached hydrogens (primary N) is 1. The van der Waals surface area contributed by atoms with Crippen LogP contribution in [0, 0.1) is 13.8 Å². The number of hydrogen-bond donors (Lipinski definition) is 4. The number of hydrazine groups is 1. The predicted molar refractivity (Wildman–Crippen MR) is 118 cm³/mol. The Morgan fingerprint density at radius 1 is 1.25 bits per heavy atom. The van der Waals surface area contributed by atoms with Gasteiger partial charge in [-0.05, 0) is 67.1 Å². The molecule has 0 radical (unpaired) electrons. The Morgan fingerprint density at radius 2 is 2.00 bits per heavy atom. The molecule has 1 amide bonds. The van der Waals surface area contributed by atoms with Crippen molar-refractivity contribution in [3.63, 3.8) is 0 Å². The summed E-state index contributed by atoms with van der Waals surface area (Å²) in [7, 11) is 1.94. The van der Waals surface area contributed by atoms with E-state index in [1.54, 1.807) is 5.43 Å². The zero-order valence-corrected chi connectivity index (χ0v) is 17.5. The van der Waals surface area contributed by atoms with Crippen LogP contribution in [0.3, 0.4) is 0 Å². The summed E-state index contributed by atoms with van der Waals surface area (Å²) in [6.45, 7) is 6.95. The van der Waals surface area contributed by atoms with Crippen LogP contribution in [0.25, 0.3) is 5.70 Å². The number of hydrogen-bond acceptors (Lipinski definition) is 6. The van der Waals surface area contributed by atoms with E-state index in [9.17, 15) is 0 Å². The molecule has 1 heterocycles. The van der Waals surface area contributed by atoms with Crippen molar-refractivity contribution in [2.75, 3.05) is 12.4 Å². The van der Waals surface area contributed by atoms with Crippen molar-refractivity contribution >= 4 is 29.6 Å². The first-order valence-corrected chi connectivity index (χ1v) is 9.96. The molecule has 0 spiro atoms. The third-order valence-electron chi connectivity index (χ3n) is 4.35. The Balaban J connectivity index is 0.000000640. The van der Waals surface area contributed by atoms with E-state index in [1.165, 1.54) is 22.4 Å². The van der Waals surface area contributed by atoms with E-state index >= 15 is 0 Å². The van der Waals surface area contributed by atoms with Gasteiger partial charge in [0.25, 0.3) is 0 Å². The van der Waals surface area contributed by atoms with Gasteiger partial charge in [0.2, 0.25) is 6.41 Å². The Morgan fingerprint density at radius 3 is 2.57 bits per heavy atom. The van der Waals surface area contributed by atoms with Gasteiger partial charge in [-0.25, -0.2) is 5.84 Å². The zero-order chi connectivity index (χ0) is 20.5. The molecule has 2 aromatic carbocycles. The van der Waals surface area contributed by atoms with Gasteiger partial charge in [-0.15, -0.1) is 11.8 Å². The van der Waals surface area contributed by atoms with Gasteiger partial charge in [0.1, 0.15) is 12.4 Å². The topological polar surface area (TPSA) is 88.4 Å². The van der Waals surface area contributed by atoms with Crippen LogP contribution in [-0.4, -0.2) is 18.8 Å². The van der Waals surface area contributed by atoms with Crippen LogP contribution in [0.2, 0.25) is 0 Å². The van der Waals surface area contributed by atoms with E-state index in [1.807, 2.05) is 18.8 Å². The quantitative estimate of drug-likeness (QED) is 0.257. The SMILES string of the molecule is CNc1cccc(C)c1COc1ccc(C2=CSC(C)N2)cc1C.NNC=O. The van der Waals surface area contributed by atoms with Crippen LogP contribution in [0.5, 0.6) is 5.75 Å². The molecule has 5 N–H and O–H groups in total. The summed E-state index contributed by atoms with van der Waals surface area (Å²) in [5, 5.41) is 9.34. The molecule has 1 unspecified atom stereocenters. The van der Waals surface area contributed by atoms with Crippen LogP contribution in [-0.2, 0) is 11.4 Å². The number of aryl methyl sites for hydroxylation is 2. The largest absolute Gasteiger partial charge is 0.489 e. The Bertz CT molecular complexity index is 839. The van der Waals surface area contributed by atoms with Gasteiger partial charge in [0, 0.05) is 24.0 Å². The summed E-state index contributed by atoms with van der Waals surface area (Å²) >= 11 is 1.81. The van der Waals surface area contributed by atoms with Gasteiger partial charge in [-0.2, -0.15) is 0 Å². The predicted octanol–water partition coefficient (Wildman–Crippen LogP) is 3.51. The highest BCUT2D eigenvalue weighted by Gasteiger charge is 2.14. The second-order valence-electron chi connectivity index (χ2n) is 6.36. The number of amides is 1. The van der Waals surface area contributed by atoms with Crippen molar-refractivity contribution in [1.29, 1.82) is 0 Å². The molecule has 3 rings (SSSR count). The average molecular weight is 401 g/mol. The molecule has 6 nitrogen and oxygen atoms in total. The monoisotopic (exact) mass is 400 g/mol. The van der Waals surface area contributed by atoms with E-state index in [4.69, 9.17) is 9.53 Å². The highest BCUT2D eigenvalue weighted by atomic mass is 32.2. The second kappa shape index (κ2) is 10.6.